The van der Waals surface area contributed by atoms with E-state index in [9.17, 15) is 0 Å². The van der Waals surface area contributed by atoms with Gasteiger partial charge in [0.15, 0.2) is 0 Å². The highest BCUT2D eigenvalue weighted by molar-refractivity contribution is 5.86. The van der Waals surface area contributed by atoms with E-state index in [2.05, 4.69) is 82.3 Å². The Bertz CT molecular complexity index is 925. The summed E-state index contributed by atoms with van der Waals surface area (Å²) < 4.78 is 0. The zero-order valence-corrected chi connectivity index (χ0v) is 14.6. The predicted molar refractivity (Wildman–Crippen MR) is 99.4 cm³/mol. The van der Waals surface area contributed by atoms with Crippen LogP contribution >= 0.6 is 0 Å². The molecule has 0 spiro atoms. The number of aromatic nitrogens is 1. The second-order valence-corrected chi connectivity index (χ2v) is 8.12. The lowest BCUT2D eigenvalue weighted by Gasteiger charge is -2.23. The molecule has 1 heteroatoms. The molecular formula is C23H21N. The summed E-state index contributed by atoms with van der Waals surface area (Å²) in [5, 5.41) is 0. The molecule has 0 aliphatic heterocycles. The predicted octanol–water partition coefficient (Wildman–Crippen LogP) is 5.69. The number of hydrogen-bond donors (Lipinski definition) is 0. The van der Waals surface area contributed by atoms with Crippen molar-refractivity contribution in [1.82, 2.24) is 4.98 Å². The molecule has 2 aliphatic rings. The van der Waals surface area contributed by atoms with Gasteiger partial charge in [0, 0.05) is 22.0 Å². The fourth-order valence-electron chi connectivity index (χ4n) is 4.65. The molecule has 118 valence electrons. The van der Waals surface area contributed by atoms with Crippen LogP contribution in [-0.2, 0) is 10.8 Å². The second kappa shape index (κ2) is 4.16. The molecule has 0 unspecified atom stereocenters. The lowest BCUT2D eigenvalue weighted by Crippen LogP contribution is -2.18. The summed E-state index contributed by atoms with van der Waals surface area (Å²) in [5.74, 6) is 0. The average Bonchev–Trinajstić information content (AvgIpc) is 2.95. The molecule has 5 rings (SSSR count). The molecule has 0 amide bonds. The van der Waals surface area contributed by atoms with Crippen LogP contribution in [0.4, 0.5) is 0 Å². The Balaban J connectivity index is 1.88. The number of rotatable bonds is 0. The van der Waals surface area contributed by atoms with Gasteiger partial charge in [-0.25, -0.2) is 0 Å². The van der Waals surface area contributed by atoms with E-state index in [1.165, 1.54) is 44.8 Å². The fourth-order valence-corrected chi connectivity index (χ4v) is 4.65. The molecule has 24 heavy (non-hydrogen) atoms. The Morgan fingerprint density at radius 1 is 0.625 bits per heavy atom. The van der Waals surface area contributed by atoms with Crippen molar-refractivity contribution >= 4 is 0 Å². The van der Waals surface area contributed by atoms with E-state index in [0.29, 0.717) is 0 Å². The minimum absolute atomic E-state index is 0.00956. The Kier molecular flexibility index (Phi) is 2.42. The summed E-state index contributed by atoms with van der Waals surface area (Å²) in [5.41, 5.74) is 10.5. The highest BCUT2D eigenvalue weighted by Crippen LogP contribution is 2.54. The van der Waals surface area contributed by atoms with Crippen LogP contribution in [-0.4, -0.2) is 4.98 Å². The lowest BCUT2D eigenvalue weighted by atomic mass is 9.82. The smallest absolute Gasteiger partial charge is 0.0750 e. The zero-order valence-electron chi connectivity index (χ0n) is 14.6. The molecule has 0 atom stereocenters. The third-order valence-corrected chi connectivity index (χ3v) is 6.03. The Morgan fingerprint density at radius 2 is 1.21 bits per heavy atom. The minimum Gasteiger partial charge on any atom is -0.251 e. The summed E-state index contributed by atoms with van der Waals surface area (Å²) in [6, 6.07) is 19.9. The van der Waals surface area contributed by atoms with Gasteiger partial charge >= 0.3 is 0 Å². The van der Waals surface area contributed by atoms with Gasteiger partial charge in [0.05, 0.1) is 11.4 Å². The SMILES string of the molecule is CC1(C)c2ccccc2-c2nc3c(cc21)-c1ccccc1C3(C)C. The van der Waals surface area contributed by atoms with Crippen LogP contribution in [0.25, 0.3) is 22.4 Å². The van der Waals surface area contributed by atoms with Gasteiger partial charge in [-0.3, -0.25) is 4.98 Å². The highest BCUT2D eigenvalue weighted by Gasteiger charge is 2.42. The first-order valence-corrected chi connectivity index (χ1v) is 8.68. The van der Waals surface area contributed by atoms with Gasteiger partial charge in [0.1, 0.15) is 0 Å². The van der Waals surface area contributed by atoms with Crippen molar-refractivity contribution in [3.8, 4) is 22.4 Å². The van der Waals surface area contributed by atoms with Crippen molar-refractivity contribution in [2.75, 3.05) is 0 Å². The summed E-state index contributed by atoms with van der Waals surface area (Å²) in [6.07, 6.45) is 0. The first-order chi connectivity index (χ1) is 11.4. The van der Waals surface area contributed by atoms with Gasteiger partial charge in [-0.1, -0.05) is 76.2 Å². The van der Waals surface area contributed by atoms with E-state index in [0.717, 1.165) is 0 Å². The number of benzene rings is 2. The van der Waals surface area contributed by atoms with E-state index in [-0.39, 0.29) is 10.8 Å². The molecule has 2 aromatic carbocycles. The second-order valence-electron chi connectivity index (χ2n) is 8.12. The summed E-state index contributed by atoms with van der Waals surface area (Å²) in [6.45, 7) is 9.22. The van der Waals surface area contributed by atoms with Crippen molar-refractivity contribution in [2.24, 2.45) is 0 Å². The van der Waals surface area contributed by atoms with Gasteiger partial charge < -0.3 is 0 Å². The van der Waals surface area contributed by atoms with Crippen molar-refractivity contribution in [3.05, 3.63) is 77.0 Å². The van der Waals surface area contributed by atoms with Crippen LogP contribution in [0.1, 0.15) is 50.1 Å². The molecule has 1 aromatic heterocycles. The quantitative estimate of drug-likeness (QED) is 0.519. The first-order valence-electron chi connectivity index (χ1n) is 8.68. The molecule has 0 fully saturated rings. The highest BCUT2D eigenvalue weighted by atomic mass is 14.8. The van der Waals surface area contributed by atoms with Gasteiger partial charge in [-0.2, -0.15) is 0 Å². The van der Waals surface area contributed by atoms with Crippen LogP contribution in [0.5, 0.6) is 0 Å². The molecule has 2 aliphatic carbocycles. The standard InChI is InChI=1S/C23H21N/c1-22(2)18-12-8-6-10-15(18)20-19(22)13-16-14-9-5-7-11-17(14)23(3,4)21(16)24-20/h5-13H,1-4H3. The molecule has 1 heterocycles. The monoisotopic (exact) mass is 311 g/mol. The molecule has 0 saturated heterocycles. The Morgan fingerprint density at radius 3 is 1.92 bits per heavy atom. The Labute approximate surface area is 143 Å². The van der Waals surface area contributed by atoms with E-state index < -0.39 is 0 Å². The minimum atomic E-state index is -0.0391. The summed E-state index contributed by atoms with van der Waals surface area (Å²) in [7, 11) is 0. The topological polar surface area (TPSA) is 12.9 Å². The maximum Gasteiger partial charge on any atom is 0.0750 e. The van der Waals surface area contributed by atoms with Crippen molar-refractivity contribution in [3.63, 3.8) is 0 Å². The molecule has 0 radical (unpaired) electrons. The summed E-state index contributed by atoms with van der Waals surface area (Å²) in [4.78, 5) is 5.24. The number of fused-ring (bicyclic) bond motifs is 6. The van der Waals surface area contributed by atoms with Gasteiger partial charge in [-0.05, 0) is 28.3 Å². The van der Waals surface area contributed by atoms with Crippen molar-refractivity contribution in [2.45, 2.75) is 38.5 Å². The lowest BCUT2D eigenvalue weighted by molar-refractivity contribution is 0.631. The molecular weight excluding hydrogens is 290 g/mol. The summed E-state index contributed by atoms with van der Waals surface area (Å²) >= 11 is 0. The Hall–Kier alpha value is -2.41. The average molecular weight is 311 g/mol. The van der Waals surface area contributed by atoms with Gasteiger partial charge in [0.25, 0.3) is 0 Å². The van der Waals surface area contributed by atoms with Crippen LogP contribution < -0.4 is 0 Å². The van der Waals surface area contributed by atoms with Crippen LogP contribution in [0, 0.1) is 0 Å². The van der Waals surface area contributed by atoms with Crippen molar-refractivity contribution < 1.29 is 0 Å². The number of nitrogens with zero attached hydrogens (tertiary/aromatic N) is 1. The largest absolute Gasteiger partial charge is 0.251 e. The molecule has 1 nitrogen and oxygen atoms in total. The third-order valence-electron chi connectivity index (χ3n) is 6.03. The normalized spacial score (nSPS) is 17.8. The van der Waals surface area contributed by atoms with E-state index in [1.807, 2.05) is 0 Å². The van der Waals surface area contributed by atoms with Crippen molar-refractivity contribution in [1.29, 1.82) is 0 Å². The van der Waals surface area contributed by atoms with Crippen LogP contribution in [0.15, 0.2) is 54.6 Å². The molecule has 3 aromatic rings. The molecule has 0 bridgehead atoms. The van der Waals surface area contributed by atoms with E-state index >= 15 is 0 Å². The van der Waals surface area contributed by atoms with Crippen LogP contribution in [0.3, 0.4) is 0 Å². The molecule has 0 saturated carbocycles. The van der Waals surface area contributed by atoms with E-state index in [4.69, 9.17) is 4.98 Å². The van der Waals surface area contributed by atoms with Gasteiger partial charge in [-0.15, -0.1) is 0 Å². The molecule has 0 N–H and O–H groups in total. The zero-order chi connectivity index (χ0) is 16.7. The fraction of sp³-hybridized carbons (Fsp3) is 0.261. The van der Waals surface area contributed by atoms with E-state index in [1.54, 1.807) is 0 Å². The maximum atomic E-state index is 5.24. The number of pyridine rings is 1. The third kappa shape index (κ3) is 1.48. The maximum absolute atomic E-state index is 5.24. The van der Waals surface area contributed by atoms with Crippen LogP contribution in [0.2, 0.25) is 0 Å². The van der Waals surface area contributed by atoms with Gasteiger partial charge in [0.2, 0.25) is 0 Å². The first kappa shape index (κ1) is 14.0. The number of hydrogen-bond acceptors (Lipinski definition) is 1.